The van der Waals surface area contributed by atoms with Crippen LogP contribution in [-0.2, 0) is 4.74 Å². The summed E-state index contributed by atoms with van der Waals surface area (Å²) < 4.78 is 18.3. The SMILES string of the molecule is COCC(Cl)CN(C)C(=O)c1ccc(O)cc1F. The fraction of sp³-hybridized carbons (Fsp3) is 0.417. The quantitative estimate of drug-likeness (QED) is 0.835. The predicted octanol–water partition coefficient (Wildman–Crippen LogP) is 1.86. The van der Waals surface area contributed by atoms with Gasteiger partial charge in [0.15, 0.2) is 0 Å². The first-order valence-electron chi connectivity index (χ1n) is 5.32. The van der Waals surface area contributed by atoms with Crippen molar-refractivity contribution >= 4 is 17.5 Å². The summed E-state index contributed by atoms with van der Waals surface area (Å²) >= 11 is 5.92. The van der Waals surface area contributed by atoms with Gasteiger partial charge in [0.25, 0.3) is 5.91 Å². The van der Waals surface area contributed by atoms with Crippen LogP contribution in [0, 0.1) is 5.82 Å². The van der Waals surface area contributed by atoms with E-state index in [0.717, 1.165) is 6.07 Å². The fourth-order valence-corrected chi connectivity index (χ4v) is 1.83. The summed E-state index contributed by atoms with van der Waals surface area (Å²) in [5.41, 5.74) is -0.100. The molecule has 1 aromatic rings. The number of amides is 1. The molecule has 1 aromatic carbocycles. The Bertz CT molecular complexity index is 428. The topological polar surface area (TPSA) is 49.8 Å². The number of carbonyl (C=O) groups is 1. The lowest BCUT2D eigenvalue weighted by atomic mass is 10.1. The summed E-state index contributed by atoms with van der Waals surface area (Å²) in [5.74, 6) is -1.47. The van der Waals surface area contributed by atoms with Gasteiger partial charge >= 0.3 is 0 Å². The molecule has 1 N–H and O–H groups in total. The highest BCUT2D eigenvalue weighted by Gasteiger charge is 2.18. The van der Waals surface area contributed by atoms with E-state index in [4.69, 9.17) is 21.4 Å². The van der Waals surface area contributed by atoms with E-state index in [1.54, 1.807) is 0 Å². The fourth-order valence-electron chi connectivity index (χ4n) is 1.50. The summed E-state index contributed by atoms with van der Waals surface area (Å²) in [5, 5.41) is 8.71. The Morgan fingerprint density at radius 2 is 2.28 bits per heavy atom. The van der Waals surface area contributed by atoms with Gasteiger partial charge < -0.3 is 14.7 Å². The van der Waals surface area contributed by atoms with Gasteiger partial charge in [0.2, 0.25) is 0 Å². The van der Waals surface area contributed by atoms with Crippen molar-refractivity contribution in [2.24, 2.45) is 0 Å². The van der Waals surface area contributed by atoms with Gasteiger partial charge in [-0.3, -0.25) is 4.79 Å². The minimum Gasteiger partial charge on any atom is -0.508 e. The number of methoxy groups -OCH3 is 1. The summed E-state index contributed by atoms with van der Waals surface area (Å²) in [6.45, 7) is 0.547. The number of hydrogen-bond donors (Lipinski definition) is 1. The maximum atomic E-state index is 13.5. The van der Waals surface area contributed by atoms with E-state index in [-0.39, 0.29) is 23.2 Å². The third-order valence-electron chi connectivity index (χ3n) is 2.35. The van der Waals surface area contributed by atoms with E-state index < -0.39 is 11.7 Å². The van der Waals surface area contributed by atoms with Crippen molar-refractivity contribution in [3.05, 3.63) is 29.6 Å². The molecule has 0 heterocycles. The Balaban J connectivity index is 2.74. The number of ether oxygens (including phenoxy) is 1. The molecule has 0 fully saturated rings. The Labute approximate surface area is 110 Å². The summed E-state index contributed by atoms with van der Waals surface area (Å²) in [6.07, 6.45) is 0. The van der Waals surface area contributed by atoms with Crippen LogP contribution in [0.4, 0.5) is 4.39 Å². The van der Waals surface area contributed by atoms with E-state index >= 15 is 0 Å². The van der Waals surface area contributed by atoms with Crippen LogP contribution in [0.2, 0.25) is 0 Å². The van der Waals surface area contributed by atoms with Crippen LogP contribution in [-0.4, -0.2) is 48.6 Å². The normalized spacial score (nSPS) is 12.2. The minimum atomic E-state index is -0.760. The lowest BCUT2D eigenvalue weighted by Gasteiger charge is -2.20. The molecule has 6 heteroatoms. The molecule has 0 aliphatic heterocycles. The molecule has 1 unspecified atom stereocenters. The molecule has 0 bridgehead atoms. The van der Waals surface area contributed by atoms with Gasteiger partial charge in [-0.2, -0.15) is 0 Å². The van der Waals surface area contributed by atoms with Crippen molar-refractivity contribution < 1.29 is 19.0 Å². The summed E-state index contributed by atoms with van der Waals surface area (Å²) in [4.78, 5) is 13.2. The minimum absolute atomic E-state index is 0.100. The summed E-state index contributed by atoms with van der Waals surface area (Å²) in [7, 11) is 3.04. The van der Waals surface area contributed by atoms with Crippen molar-refractivity contribution in [2.75, 3.05) is 27.3 Å². The predicted molar refractivity (Wildman–Crippen MR) is 66.5 cm³/mol. The average Bonchev–Trinajstić information content (AvgIpc) is 2.28. The Kier molecular flexibility index (Phi) is 5.37. The van der Waals surface area contributed by atoms with E-state index in [1.165, 1.54) is 31.2 Å². The third-order valence-corrected chi connectivity index (χ3v) is 2.61. The second-order valence-electron chi connectivity index (χ2n) is 3.90. The molecular weight excluding hydrogens is 261 g/mol. The van der Waals surface area contributed by atoms with E-state index in [2.05, 4.69) is 0 Å². The number of rotatable bonds is 5. The van der Waals surface area contributed by atoms with Gasteiger partial charge in [-0.25, -0.2) is 4.39 Å². The van der Waals surface area contributed by atoms with Gasteiger partial charge in [-0.1, -0.05) is 0 Å². The Hall–Kier alpha value is -1.33. The number of phenolic OH excluding ortho intramolecular Hbond substituents is 1. The zero-order chi connectivity index (χ0) is 13.7. The lowest BCUT2D eigenvalue weighted by molar-refractivity contribution is 0.0777. The molecule has 18 heavy (non-hydrogen) atoms. The first kappa shape index (κ1) is 14.7. The van der Waals surface area contributed by atoms with Crippen LogP contribution >= 0.6 is 11.6 Å². The van der Waals surface area contributed by atoms with Crippen molar-refractivity contribution in [2.45, 2.75) is 5.38 Å². The molecule has 0 aliphatic carbocycles. The Morgan fingerprint density at radius 3 is 2.83 bits per heavy atom. The number of nitrogens with zero attached hydrogens (tertiary/aromatic N) is 1. The number of carbonyl (C=O) groups excluding carboxylic acids is 1. The maximum absolute atomic E-state index is 13.5. The van der Waals surface area contributed by atoms with Crippen LogP contribution in [0.5, 0.6) is 5.75 Å². The van der Waals surface area contributed by atoms with E-state index in [1.807, 2.05) is 0 Å². The highest BCUT2D eigenvalue weighted by molar-refractivity contribution is 6.21. The average molecular weight is 276 g/mol. The van der Waals surface area contributed by atoms with Crippen molar-refractivity contribution in [1.29, 1.82) is 0 Å². The molecule has 0 spiro atoms. The van der Waals surface area contributed by atoms with Gasteiger partial charge in [-0.15, -0.1) is 11.6 Å². The standard InChI is InChI=1S/C12H15ClFNO3/c1-15(6-8(13)7-18-2)12(17)10-4-3-9(16)5-11(10)14/h3-5,8,16H,6-7H2,1-2H3. The van der Waals surface area contributed by atoms with Crippen molar-refractivity contribution in [3.8, 4) is 5.75 Å². The highest BCUT2D eigenvalue weighted by Crippen LogP contribution is 2.16. The van der Waals surface area contributed by atoms with Crippen LogP contribution in [0.25, 0.3) is 0 Å². The zero-order valence-electron chi connectivity index (χ0n) is 10.2. The van der Waals surface area contributed by atoms with Gasteiger partial charge in [0, 0.05) is 26.8 Å². The lowest BCUT2D eigenvalue weighted by Crippen LogP contribution is -2.34. The van der Waals surface area contributed by atoms with Crippen molar-refractivity contribution in [1.82, 2.24) is 4.90 Å². The molecule has 1 amide bonds. The van der Waals surface area contributed by atoms with E-state index in [0.29, 0.717) is 6.61 Å². The number of phenols is 1. The number of halogens is 2. The molecule has 1 atom stereocenters. The molecular formula is C12H15ClFNO3. The molecule has 0 radical (unpaired) electrons. The number of alkyl halides is 1. The molecule has 1 rings (SSSR count). The largest absolute Gasteiger partial charge is 0.508 e. The summed E-state index contributed by atoms with van der Waals surface area (Å²) in [6, 6.07) is 3.40. The smallest absolute Gasteiger partial charge is 0.256 e. The van der Waals surface area contributed by atoms with Gasteiger partial charge in [0.1, 0.15) is 11.6 Å². The first-order valence-corrected chi connectivity index (χ1v) is 5.76. The molecule has 0 saturated carbocycles. The van der Waals surface area contributed by atoms with Crippen LogP contribution in [0.3, 0.4) is 0 Å². The van der Waals surface area contributed by atoms with Crippen molar-refractivity contribution in [3.63, 3.8) is 0 Å². The molecule has 4 nitrogen and oxygen atoms in total. The zero-order valence-corrected chi connectivity index (χ0v) is 10.9. The number of benzene rings is 1. The second-order valence-corrected chi connectivity index (χ2v) is 4.52. The number of aromatic hydroxyl groups is 1. The molecule has 0 saturated heterocycles. The first-order chi connectivity index (χ1) is 8.45. The third kappa shape index (κ3) is 3.85. The molecule has 0 aliphatic rings. The van der Waals surface area contributed by atoms with E-state index in [9.17, 15) is 9.18 Å². The van der Waals surface area contributed by atoms with Gasteiger partial charge in [-0.05, 0) is 12.1 Å². The highest BCUT2D eigenvalue weighted by atomic mass is 35.5. The monoisotopic (exact) mass is 275 g/mol. The molecule has 0 aromatic heterocycles. The molecule has 100 valence electrons. The van der Waals surface area contributed by atoms with Crippen LogP contribution in [0.1, 0.15) is 10.4 Å². The number of hydrogen-bond acceptors (Lipinski definition) is 3. The maximum Gasteiger partial charge on any atom is 0.256 e. The van der Waals surface area contributed by atoms with Crippen LogP contribution < -0.4 is 0 Å². The second kappa shape index (κ2) is 6.56. The van der Waals surface area contributed by atoms with Gasteiger partial charge in [0.05, 0.1) is 17.5 Å². The Morgan fingerprint density at radius 1 is 1.61 bits per heavy atom. The van der Waals surface area contributed by atoms with Crippen LogP contribution in [0.15, 0.2) is 18.2 Å².